The largest absolute Gasteiger partial charge is 0.371 e. The lowest BCUT2D eigenvalue weighted by molar-refractivity contribution is 0.124. The van der Waals surface area contributed by atoms with Crippen LogP contribution in [0.3, 0.4) is 0 Å². The van der Waals surface area contributed by atoms with Crippen LogP contribution in [0.15, 0.2) is 30.3 Å². The topological polar surface area (TPSA) is 30.9 Å². The molecule has 0 amide bonds. The molecule has 1 N–H and O–H groups in total. The predicted molar refractivity (Wildman–Crippen MR) is 72.5 cm³/mol. The van der Waals surface area contributed by atoms with Gasteiger partial charge in [-0.15, -0.1) is 13.2 Å². The van der Waals surface area contributed by atoms with Gasteiger partial charge in [-0.3, -0.25) is 14.8 Å². The van der Waals surface area contributed by atoms with Crippen LogP contribution in [0.25, 0.3) is 0 Å². The Kier molecular flexibility index (Phi) is 4.34. The average molecular weight is 234 g/mol. The molecule has 2 aliphatic rings. The molecule has 17 heavy (non-hydrogen) atoms. The Balaban J connectivity index is 2.03. The molecule has 1 saturated heterocycles. The average Bonchev–Trinajstić information content (AvgIpc) is 2.85. The molecular weight excluding hydrogens is 212 g/mol. The van der Waals surface area contributed by atoms with Crippen LogP contribution in [0.1, 0.15) is 0 Å². The van der Waals surface area contributed by atoms with E-state index in [1.165, 1.54) is 0 Å². The van der Waals surface area contributed by atoms with Crippen LogP contribution in [0, 0.1) is 0 Å². The van der Waals surface area contributed by atoms with Crippen LogP contribution in [-0.4, -0.2) is 67.5 Å². The maximum absolute atomic E-state index is 4.56. The van der Waals surface area contributed by atoms with E-state index in [4.69, 9.17) is 0 Å². The fraction of sp³-hybridized carbons (Fsp3) is 0.615. The van der Waals surface area contributed by atoms with E-state index in [2.05, 4.69) is 33.3 Å². The molecule has 0 bridgehead atoms. The summed E-state index contributed by atoms with van der Waals surface area (Å²) in [5.41, 5.74) is 0. The zero-order chi connectivity index (χ0) is 12.1. The smallest absolute Gasteiger partial charge is 0.115 e. The molecule has 0 aliphatic carbocycles. The van der Waals surface area contributed by atoms with Crippen molar-refractivity contribution in [1.29, 1.82) is 0 Å². The summed E-state index contributed by atoms with van der Waals surface area (Å²) >= 11 is 0. The van der Waals surface area contributed by atoms with Crippen LogP contribution in [0.5, 0.6) is 0 Å². The molecule has 0 aromatic heterocycles. The Morgan fingerprint density at radius 3 is 2.76 bits per heavy atom. The van der Waals surface area contributed by atoms with Crippen molar-refractivity contribution in [2.24, 2.45) is 4.99 Å². The molecule has 94 valence electrons. The summed E-state index contributed by atoms with van der Waals surface area (Å²) in [6.07, 6.45) is 3.95. The maximum atomic E-state index is 4.56. The van der Waals surface area contributed by atoms with Gasteiger partial charge in [0.2, 0.25) is 0 Å². The predicted octanol–water partition coefficient (Wildman–Crippen LogP) is 0.346. The van der Waals surface area contributed by atoms with Crippen molar-refractivity contribution in [3.63, 3.8) is 0 Å². The molecular formula is C13H22N4. The van der Waals surface area contributed by atoms with Crippen LogP contribution in [0.4, 0.5) is 0 Å². The summed E-state index contributed by atoms with van der Waals surface area (Å²) in [4.78, 5) is 9.44. The molecule has 0 unspecified atom stereocenters. The van der Waals surface area contributed by atoms with Crippen LogP contribution in [0.2, 0.25) is 0 Å². The number of nitrogens with one attached hydrogen (secondary N) is 1. The van der Waals surface area contributed by atoms with Gasteiger partial charge in [0.25, 0.3) is 0 Å². The van der Waals surface area contributed by atoms with E-state index in [0.717, 1.165) is 51.6 Å². The van der Waals surface area contributed by atoms with E-state index in [1.54, 1.807) is 0 Å². The molecule has 1 fully saturated rings. The van der Waals surface area contributed by atoms with Crippen molar-refractivity contribution in [2.45, 2.75) is 6.04 Å². The molecule has 0 radical (unpaired) electrons. The quantitative estimate of drug-likeness (QED) is 0.696. The van der Waals surface area contributed by atoms with Crippen LogP contribution < -0.4 is 5.32 Å². The minimum Gasteiger partial charge on any atom is -0.371 e. The number of amidine groups is 1. The fourth-order valence-corrected chi connectivity index (χ4v) is 2.51. The molecule has 2 rings (SSSR count). The highest BCUT2D eigenvalue weighted by atomic mass is 15.3. The second kappa shape index (κ2) is 5.98. The molecule has 0 spiro atoms. The lowest BCUT2D eigenvalue weighted by Gasteiger charge is -2.40. The van der Waals surface area contributed by atoms with Gasteiger partial charge < -0.3 is 5.32 Å². The van der Waals surface area contributed by atoms with E-state index >= 15 is 0 Å². The number of hydrogen-bond donors (Lipinski definition) is 1. The lowest BCUT2D eigenvalue weighted by Crippen LogP contribution is -2.58. The van der Waals surface area contributed by atoms with Crippen molar-refractivity contribution in [2.75, 3.05) is 45.8 Å². The third-order valence-electron chi connectivity index (χ3n) is 3.34. The molecule has 2 heterocycles. The lowest BCUT2D eigenvalue weighted by atomic mass is 10.1. The highest BCUT2D eigenvalue weighted by Gasteiger charge is 2.30. The second-order valence-corrected chi connectivity index (χ2v) is 4.54. The Morgan fingerprint density at radius 1 is 1.29 bits per heavy atom. The molecule has 0 aromatic carbocycles. The summed E-state index contributed by atoms with van der Waals surface area (Å²) in [7, 11) is 0. The van der Waals surface area contributed by atoms with Gasteiger partial charge in [0.1, 0.15) is 5.84 Å². The van der Waals surface area contributed by atoms with Crippen molar-refractivity contribution in [3.8, 4) is 0 Å². The van der Waals surface area contributed by atoms with Crippen molar-refractivity contribution < 1.29 is 0 Å². The first-order chi connectivity index (χ1) is 8.35. The van der Waals surface area contributed by atoms with E-state index in [9.17, 15) is 0 Å². The summed E-state index contributed by atoms with van der Waals surface area (Å²) in [6.45, 7) is 14.7. The standard InChI is InChI=1S/C13H22N4/c1-3-7-16-9-10-17(8-4-2)12(11-16)13-14-5-6-15-13/h3-4,12H,1-2,5-11H2,(H,14,15)/t12-/m1/s1. The number of aliphatic imine (C=N–C) groups is 1. The SMILES string of the molecule is C=CCN1CCN(CC=C)[C@@H](C2=NCCN2)C1. The molecule has 4 nitrogen and oxygen atoms in total. The highest BCUT2D eigenvalue weighted by Crippen LogP contribution is 2.12. The van der Waals surface area contributed by atoms with E-state index in [1.807, 2.05) is 12.2 Å². The van der Waals surface area contributed by atoms with Crippen LogP contribution >= 0.6 is 0 Å². The maximum Gasteiger partial charge on any atom is 0.115 e. The molecule has 0 saturated carbocycles. The van der Waals surface area contributed by atoms with Gasteiger partial charge >= 0.3 is 0 Å². The van der Waals surface area contributed by atoms with Crippen molar-refractivity contribution in [3.05, 3.63) is 25.3 Å². The third-order valence-corrected chi connectivity index (χ3v) is 3.34. The molecule has 1 atom stereocenters. The number of piperazine rings is 1. The van der Waals surface area contributed by atoms with Gasteiger partial charge in [-0.25, -0.2) is 0 Å². The van der Waals surface area contributed by atoms with Gasteiger partial charge in [-0.1, -0.05) is 12.2 Å². The number of hydrogen-bond acceptors (Lipinski definition) is 4. The van der Waals surface area contributed by atoms with Crippen molar-refractivity contribution >= 4 is 5.84 Å². The summed E-state index contributed by atoms with van der Waals surface area (Å²) in [5.74, 6) is 1.15. The summed E-state index contributed by atoms with van der Waals surface area (Å²) < 4.78 is 0. The number of nitrogens with zero attached hydrogens (tertiary/aromatic N) is 3. The first-order valence-corrected chi connectivity index (χ1v) is 6.31. The normalized spacial score (nSPS) is 26.4. The van der Waals surface area contributed by atoms with Gasteiger partial charge in [-0.05, 0) is 0 Å². The first kappa shape index (κ1) is 12.3. The highest BCUT2D eigenvalue weighted by molar-refractivity contribution is 5.89. The Labute approximate surface area is 104 Å². The zero-order valence-corrected chi connectivity index (χ0v) is 10.4. The Hall–Kier alpha value is -1.13. The minimum atomic E-state index is 0.393. The van der Waals surface area contributed by atoms with E-state index in [-0.39, 0.29) is 0 Å². The molecule has 4 heteroatoms. The monoisotopic (exact) mass is 234 g/mol. The van der Waals surface area contributed by atoms with Crippen molar-refractivity contribution in [1.82, 2.24) is 15.1 Å². The first-order valence-electron chi connectivity index (χ1n) is 6.31. The van der Waals surface area contributed by atoms with Gasteiger partial charge in [0, 0.05) is 39.3 Å². The zero-order valence-electron chi connectivity index (χ0n) is 10.4. The van der Waals surface area contributed by atoms with E-state index in [0.29, 0.717) is 6.04 Å². The molecule has 0 aromatic rings. The number of rotatable bonds is 5. The minimum absolute atomic E-state index is 0.393. The van der Waals surface area contributed by atoms with Gasteiger partial charge in [-0.2, -0.15) is 0 Å². The Bertz CT molecular complexity index is 311. The van der Waals surface area contributed by atoms with Crippen LogP contribution in [-0.2, 0) is 0 Å². The fourth-order valence-electron chi connectivity index (χ4n) is 2.51. The van der Waals surface area contributed by atoms with Gasteiger partial charge in [0.15, 0.2) is 0 Å². The van der Waals surface area contributed by atoms with Gasteiger partial charge in [0.05, 0.1) is 12.6 Å². The summed E-state index contributed by atoms with van der Waals surface area (Å²) in [6, 6.07) is 0.393. The van der Waals surface area contributed by atoms with E-state index < -0.39 is 0 Å². The summed E-state index contributed by atoms with van der Waals surface area (Å²) in [5, 5.41) is 3.40. The Morgan fingerprint density at radius 2 is 2.12 bits per heavy atom. The molecule has 2 aliphatic heterocycles. The third kappa shape index (κ3) is 2.96. The second-order valence-electron chi connectivity index (χ2n) is 4.54.